The van der Waals surface area contributed by atoms with Gasteiger partial charge in [0.15, 0.2) is 5.60 Å². The number of hydrogen-bond acceptors (Lipinski definition) is 1. The van der Waals surface area contributed by atoms with Crippen LogP contribution in [0.25, 0.3) is 0 Å². The second-order valence-electron chi connectivity index (χ2n) is 3.48. The molecule has 0 saturated heterocycles. The topological polar surface area (TPSA) is 20.2 Å². The highest BCUT2D eigenvalue weighted by molar-refractivity contribution is 5.11. The predicted octanol–water partition coefficient (Wildman–Crippen LogP) is 2.27. The molecule has 1 rings (SSSR count). The maximum absolute atomic E-state index is 12.0. The quantitative estimate of drug-likeness (QED) is 0.613. The summed E-state index contributed by atoms with van der Waals surface area (Å²) in [6.07, 6.45) is -4.95. The Kier molecular flexibility index (Phi) is 1.98. The van der Waals surface area contributed by atoms with E-state index in [4.69, 9.17) is 5.11 Å². The van der Waals surface area contributed by atoms with E-state index in [0.717, 1.165) is 0 Å². The maximum atomic E-state index is 12.0. The average Bonchev–Trinajstić information content (AvgIpc) is 1.77. The van der Waals surface area contributed by atoms with E-state index in [1.807, 2.05) is 0 Å². The minimum Gasteiger partial charge on any atom is -0.380 e. The molecule has 0 aromatic rings. The largest absolute Gasteiger partial charge is 0.417 e. The van der Waals surface area contributed by atoms with Crippen LogP contribution in [0, 0.1) is 5.92 Å². The number of allylic oxidation sites excluding steroid dienone is 1. The zero-order valence-corrected chi connectivity index (χ0v) is 6.78. The first-order valence-corrected chi connectivity index (χ1v) is 3.71. The molecular formula is C8H11F3O. The van der Waals surface area contributed by atoms with Gasteiger partial charge < -0.3 is 5.11 Å². The van der Waals surface area contributed by atoms with Crippen molar-refractivity contribution >= 4 is 0 Å². The summed E-state index contributed by atoms with van der Waals surface area (Å²) < 4.78 is 36.1. The molecule has 0 atom stereocenters. The minimum absolute atomic E-state index is 0.170. The normalized spacial score (nSPS) is 35.9. The van der Waals surface area contributed by atoms with Crippen LogP contribution in [0.4, 0.5) is 13.2 Å². The van der Waals surface area contributed by atoms with Crippen molar-refractivity contribution in [3.05, 3.63) is 12.2 Å². The average molecular weight is 180 g/mol. The van der Waals surface area contributed by atoms with Crippen molar-refractivity contribution in [1.29, 1.82) is 0 Å². The van der Waals surface area contributed by atoms with E-state index in [1.165, 1.54) is 0 Å². The van der Waals surface area contributed by atoms with Crippen molar-refractivity contribution in [3.8, 4) is 0 Å². The molecule has 70 valence electrons. The molecule has 0 unspecified atom stereocenters. The van der Waals surface area contributed by atoms with Gasteiger partial charge in [0, 0.05) is 0 Å². The molecule has 0 aromatic carbocycles. The molecule has 0 aliphatic heterocycles. The smallest absolute Gasteiger partial charge is 0.380 e. The summed E-state index contributed by atoms with van der Waals surface area (Å²) in [6.45, 7) is 5.23. The zero-order valence-electron chi connectivity index (χ0n) is 6.78. The monoisotopic (exact) mass is 180 g/mol. The lowest BCUT2D eigenvalue weighted by Crippen LogP contribution is -2.55. The van der Waals surface area contributed by atoms with Crippen molar-refractivity contribution in [1.82, 2.24) is 0 Å². The molecule has 0 aromatic heterocycles. The summed E-state index contributed by atoms with van der Waals surface area (Å²) in [6, 6.07) is 0. The van der Waals surface area contributed by atoms with E-state index in [0.29, 0.717) is 5.57 Å². The Morgan fingerprint density at radius 3 is 2.17 bits per heavy atom. The van der Waals surface area contributed by atoms with Crippen LogP contribution in [0.3, 0.4) is 0 Å². The van der Waals surface area contributed by atoms with Gasteiger partial charge in [-0.3, -0.25) is 0 Å². The molecule has 0 heterocycles. The molecule has 4 heteroatoms. The molecule has 0 amide bonds. The fourth-order valence-electron chi connectivity index (χ4n) is 1.34. The third-order valence-corrected chi connectivity index (χ3v) is 2.39. The lowest BCUT2D eigenvalue weighted by Gasteiger charge is -2.44. The Hall–Kier alpha value is -0.510. The second-order valence-corrected chi connectivity index (χ2v) is 3.48. The summed E-state index contributed by atoms with van der Waals surface area (Å²) in [4.78, 5) is 0. The highest BCUT2D eigenvalue weighted by atomic mass is 19.4. The van der Waals surface area contributed by atoms with Crippen molar-refractivity contribution < 1.29 is 18.3 Å². The van der Waals surface area contributed by atoms with Crippen LogP contribution in [0.15, 0.2) is 12.2 Å². The molecule has 1 N–H and O–H groups in total. The summed E-state index contributed by atoms with van der Waals surface area (Å²) in [5.74, 6) is -0.170. The SMILES string of the molecule is C=C(C)C1CC(O)(C(F)(F)F)C1. The van der Waals surface area contributed by atoms with Crippen LogP contribution in [0.2, 0.25) is 0 Å². The van der Waals surface area contributed by atoms with Crippen molar-refractivity contribution in [2.24, 2.45) is 5.92 Å². The predicted molar refractivity (Wildman–Crippen MR) is 38.5 cm³/mol. The first-order valence-electron chi connectivity index (χ1n) is 3.71. The highest BCUT2D eigenvalue weighted by Gasteiger charge is 2.61. The maximum Gasteiger partial charge on any atom is 0.417 e. The molecule has 1 aliphatic carbocycles. The van der Waals surface area contributed by atoms with Gasteiger partial charge in [-0.1, -0.05) is 12.2 Å². The fourth-order valence-corrected chi connectivity index (χ4v) is 1.34. The highest BCUT2D eigenvalue weighted by Crippen LogP contribution is 2.50. The summed E-state index contributed by atoms with van der Waals surface area (Å²) in [7, 11) is 0. The molecule has 0 radical (unpaired) electrons. The summed E-state index contributed by atoms with van der Waals surface area (Å²) in [5, 5.41) is 9.00. The van der Waals surface area contributed by atoms with Crippen molar-refractivity contribution in [2.75, 3.05) is 0 Å². The molecule has 1 nitrogen and oxygen atoms in total. The summed E-state index contributed by atoms with van der Waals surface area (Å²) >= 11 is 0. The number of alkyl halides is 3. The minimum atomic E-state index is -4.49. The standard InChI is InChI=1S/C8H11F3O/c1-5(2)6-3-7(12,4-6)8(9,10)11/h6,12H,1,3-4H2,2H3. The lowest BCUT2D eigenvalue weighted by molar-refractivity contribution is -0.295. The van der Waals surface area contributed by atoms with Gasteiger partial charge in [0.1, 0.15) is 0 Å². The molecule has 12 heavy (non-hydrogen) atoms. The van der Waals surface area contributed by atoms with Gasteiger partial charge in [0.25, 0.3) is 0 Å². The molecular weight excluding hydrogens is 169 g/mol. The molecule has 1 saturated carbocycles. The number of aliphatic hydroxyl groups is 1. The first-order chi connectivity index (χ1) is 5.26. The van der Waals surface area contributed by atoms with Gasteiger partial charge in [-0.05, 0) is 25.7 Å². The van der Waals surface area contributed by atoms with Gasteiger partial charge in [0.2, 0.25) is 0 Å². The van der Waals surface area contributed by atoms with E-state index in [1.54, 1.807) is 6.92 Å². The van der Waals surface area contributed by atoms with E-state index < -0.39 is 11.8 Å². The lowest BCUT2D eigenvalue weighted by atomic mass is 9.68. The third kappa shape index (κ3) is 1.35. The summed E-state index contributed by atoms with van der Waals surface area (Å²) in [5.41, 5.74) is -1.74. The Bertz CT molecular complexity index is 201. The van der Waals surface area contributed by atoms with E-state index in [2.05, 4.69) is 6.58 Å². The van der Waals surface area contributed by atoms with E-state index in [9.17, 15) is 13.2 Å². The Balaban J connectivity index is 2.57. The number of halogens is 3. The third-order valence-electron chi connectivity index (χ3n) is 2.39. The second kappa shape index (κ2) is 2.49. The molecule has 1 aliphatic rings. The van der Waals surface area contributed by atoms with E-state index >= 15 is 0 Å². The van der Waals surface area contributed by atoms with Crippen LogP contribution in [-0.4, -0.2) is 16.9 Å². The van der Waals surface area contributed by atoms with Gasteiger partial charge in [0.05, 0.1) is 0 Å². The van der Waals surface area contributed by atoms with Crippen molar-refractivity contribution in [2.45, 2.75) is 31.5 Å². The van der Waals surface area contributed by atoms with Crippen molar-refractivity contribution in [3.63, 3.8) is 0 Å². The fraction of sp³-hybridized carbons (Fsp3) is 0.750. The number of rotatable bonds is 1. The van der Waals surface area contributed by atoms with Crippen LogP contribution in [-0.2, 0) is 0 Å². The van der Waals surface area contributed by atoms with Gasteiger partial charge >= 0.3 is 6.18 Å². The zero-order chi connectivity index (χ0) is 9.57. The van der Waals surface area contributed by atoms with Crippen LogP contribution in [0.1, 0.15) is 19.8 Å². The Morgan fingerprint density at radius 1 is 1.50 bits per heavy atom. The molecule has 0 spiro atoms. The van der Waals surface area contributed by atoms with Crippen LogP contribution < -0.4 is 0 Å². The van der Waals surface area contributed by atoms with Gasteiger partial charge in [-0.2, -0.15) is 13.2 Å². The van der Waals surface area contributed by atoms with Crippen LogP contribution in [0.5, 0.6) is 0 Å². The van der Waals surface area contributed by atoms with E-state index in [-0.39, 0.29) is 18.8 Å². The Morgan fingerprint density at radius 2 is 1.92 bits per heavy atom. The van der Waals surface area contributed by atoms with Crippen LogP contribution >= 0.6 is 0 Å². The Labute approximate surface area is 68.9 Å². The number of hydrogen-bond donors (Lipinski definition) is 1. The first kappa shape index (κ1) is 9.58. The van der Waals surface area contributed by atoms with Gasteiger partial charge in [-0.25, -0.2) is 0 Å². The van der Waals surface area contributed by atoms with Gasteiger partial charge in [-0.15, -0.1) is 0 Å². The molecule has 1 fully saturated rings. The molecule has 0 bridgehead atoms.